The van der Waals surface area contributed by atoms with E-state index in [9.17, 15) is 4.79 Å². The predicted molar refractivity (Wildman–Crippen MR) is 102 cm³/mol. The van der Waals surface area contributed by atoms with Gasteiger partial charge in [0.1, 0.15) is 0 Å². The van der Waals surface area contributed by atoms with Crippen LogP contribution in [0.3, 0.4) is 0 Å². The van der Waals surface area contributed by atoms with Crippen LogP contribution in [-0.2, 0) is 6.54 Å². The molecule has 26 heavy (non-hydrogen) atoms. The van der Waals surface area contributed by atoms with Gasteiger partial charge in [-0.1, -0.05) is 24.9 Å². The van der Waals surface area contributed by atoms with Crippen molar-refractivity contribution in [1.82, 2.24) is 24.5 Å². The van der Waals surface area contributed by atoms with E-state index in [1.807, 2.05) is 12.1 Å². The highest BCUT2D eigenvalue weighted by atomic mass is 35.5. The van der Waals surface area contributed by atoms with Crippen molar-refractivity contribution in [3.8, 4) is 11.4 Å². The number of piperidine rings is 1. The maximum atomic E-state index is 12.5. The molecule has 1 aliphatic rings. The third kappa shape index (κ3) is 3.39. The molecule has 136 valence electrons. The lowest BCUT2D eigenvalue weighted by atomic mass is 10.00. The zero-order chi connectivity index (χ0) is 18.1. The first-order valence-corrected chi connectivity index (χ1v) is 9.50. The van der Waals surface area contributed by atoms with Crippen LogP contribution in [0.5, 0.6) is 0 Å². The number of nitrogens with one attached hydrogen (secondary N) is 1. The van der Waals surface area contributed by atoms with E-state index in [2.05, 4.69) is 26.9 Å². The van der Waals surface area contributed by atoms with Crippen molar-refractivity contribution in [1.29, 1.82) is 0 Å². The molecule has 1 saturated heterocycles. The molecule has 0 bridgehead atoms. The highest BCUT2D eigenvalue weighted by Crippen LogP contribution is 2.21. The summed E-state index contributed by atoms with van der Waals surface area (Å²) in [7, 11) is 0. The second-order valence-corrected chi connectivity index (χ2v) is 7.26. The molecule has 3 heterocycles. The molecule has 1 aromatic carbocycles. The molecule has 4 rings (SSSR count). The summed E-state index contributed by atoms with van der Waals surface area (Å²) < 4.78 is 1.39. The molecule has 0 aliphatic carbocycles. The molecule has 0 amide bonds. The van der Waals surface area contributed by atoms with Crippen LogP contribution < -0.4 is 5.56 Å². The number of hydrogen-bond acceptors (Lipinski definition) is 4. The lowest BCUT2D eigenvalue weighted by Gasteiger charge is -2.34. The number of benzene rings is 1. The van der Waals surface area contributed by atoms with E-state index in [-0.39, 0.29) is 5.56 Å². The molecule has 7 heteroatoms. The molecule has 0 spiro atoms. The van der Waals surface area contributed by atoms with Gasteiger partial charge in [-0.2, -0.15) is 9.50 Å². The van der Waals surface area contributed by atoms with Crippen molar-refractivity contribution in [2.24, 2.45) is 0 Å². The summed E-state index contributed by atoms with van der Waals surface area (Å²) in [4.78, 5) is 24.1. The van der Waals surface area contributed by atoms with Crippen molar-refractivity contribution in [2.45, 2.75) is 45.2 Å². The standard InChI is InChI=1S/C19H22ClN5O/c1-2-16-5-3-4-10-24(16)12-15-11-17(26)25-19(21-15)22-18(23-25)13-6-8-14(20)9-7-13/h6-9,11,16H,2-5,10,12H2,1H3,(H,21,22,23)/t16-/m1/s1. The van der Waals surface area contributed by atoms with Crippen molar-refractivity contribution in [3.05, 3.63) is 51.4 Å². The smallest absolute Gasteiger partial charge is 0.274 e. The summed E-state index contributed by atoms with van der Waals surface area (Å²) in [5, 5.41) is 3.69. The molecule has 2 aromatic heterocycles. The Morgan fingerprint density at radius 1 is 1.23 bits per heavy atom. The number of halogens is 1. The van der Waals surface area contributed by atoms with Crippen LogP contribution in [0.15, 0.2) is 35.1 Å². The lowest BCUT2D eigenvalue weighted by molar-refractivity contribution is 0.134. The summed E-state index contributed by atoms with van der Waals surface area (Å²) in [6, 6.07) is 9.52. The summed E-state index contributed by atoms with van der Waals surface area (Å²) in [6.07, 6.45) is 4.85. The maximum absolute atomic E-state index is 12.5. The van der Waals surface area contributed by atoms with Gasteiger partial charge >= 0.3 is 0 Å². The van der Waals surface area contributed by atoms with Gasteiger partial charge in [0, 0.05) is 29.2 Å². The first-order chi connectivity index (χ1) is 12.6. The molecular formula is C19H22ClN5O. The van der Waals surface area contributed by atoms with Crippen molar-refractivity contribution >= 4 is 17.4 Å². The minimum absolute atomic E-state index is 0.136. The predicted octanol–water partition coefficient (Wildman–Crippen LogP) is 3.50. The van der Waals surface area contributed by atoms with Gasteiger partial charge in [-0.25, -0.2) is 4.98 Å². The Morgan fingerprint density at radius 3 is 2.81 bits per heavy atom. The van der Waals surface area contributed by atoms with E-state index >= 15 is 0 Å². The van der Waals surface area contributed by atoms with E-state index in [0.29, 0.717) is 29.2 Å². The Balaban J connectivity index is 1.65. The zero-order valence-corrected chi connectivity index (χ0v) is 15.5. The van der Waals surface area contributed by atoms with E-state index in [1.54, 1.807) is 18.2 Å². The second-order valence-electron chi connectivity index (χ2n) is 6.83. The van der Waals surface area contributed by atoms with Crippen molar-refractivity contribution < 1.29 is 0 Å². The van der Waals surface area contributed by atoms with E-state index in [1.165, 1.54) is 23.8 Å². The SMILES string of the molecule is CC[C@@H]1CCCCN1Cc1cc(=O)n2[nH]c(-c3ccc(Cl)cc3)nc2n1. The van der Waals surface area contributed by atoms with E-state index in [4.69, 9.17) is 11.6 Å². The Bertz CT molecular complexity index is 962. The first kappa shape index (κ1) is 17.2. The highest BCUT2D eigenvalue weighted by molar-refractivity contribution is 6.30. The van der Waals surface area contributed by atoms with Gasteiger partial charge in [-0.3, -0.25) is 14.8 Å². The topological polar surface area (TPSA) is 66.3 Å². The molecular weight excluding hydrogens is 350 g/mol. The number of rotatable bonds is 4. The largest absolute Gasteiger partial charge is 0.295 e. The van der Waals surface area contributed by atoms with Crippen LogP contribution in [0.2, 0.25) is 5.02 Å². The normalized spacial score (nSPS) is 18.5. The number of aromatic nitrogens is 4. The number of H-pyrrole nitrogens is 1. The fourth-order valence-corrected chi connectivity index (χ4v) is 3.81. The quantitative estimate of drug-likeness (QED) is 0.762. The Hall–Kier alpha value is -2.18. The molecule has 1 fully saturated rings. The minimum atomic E-state index is -0.136. The number of likely N-dealkylation sites (tertiary alicyclic amines) is 1. The minimum Gasteiger partial charge on any atom is -0.295 e. The molecule has 1 N–H and O–H groups in total. The molecule has 6 nitrogen and oxygen atoms in total. The Kier molecular flexibility index (Phi) is 4.78. The van der Waals surface area contributed by atoms with E-state index < -0.39 is 0 Å². The van der Waals surface area contributed by atoms with Gasteiger partial charge in [-0.05, 0) is 50.1 Å². The summed E-state index contributed by atoms with van der Waals surface area (Å²) in [5.74, 6) is 1.01. The van der Waals surface area contributed by atoms with Crippen LogP contribution in [0, 0.1) is 0 Å². The number of aromatic amines is 1. The fourth-order valence-electron chi connectivity index (χ4n) is 3.68. The van der Waals surface area contributed by atoms with E-state index in [0.717, 1.165) is 24.2 Å². The third-order valence-electron chi connectivity index (χ3n) is 5.09. The van der Waals surface area contributed by atoms with Gasteiger partial charge in [0.2, 0.25) is 0 Å². The molecule has 1 atom stereocenters. The highest BCUT2D eigenvalue weighted by Gasteiger charge is 2.21. The number of hydrogen-bond donors (Lipinski definition) is 1. The van der Waals surface area contributed by atoms with Gasteiger partial charge in [-0.15, -0.1) is 0 Å². The zero-order valence-electron chi connectivity index (χ0n) is 14.8. The van der Waals surface area contributed by atoms with Gasteiger partial charge in [0.15, 0.2) is 5.82 Å². The van der Waals surface area contributed by atoms with Crippen LogP contribution in [0.25, 0.3) is 17.2 Å². The first-order valence-electron chi connectivity index (χ1n) is 9.12. The molecule has 0 unspecified atom stereocenters. The van der Waals surface area contributed by atoms with Crippen LogP contribution in [0.4, 0.5) is 0 Å². The summed E-state index contributed by atoms with van der Waals surface area (Å²) in [6.45, 7) is 3.99. The summed E-state index contributed by atoms with van der Waals surface area (Å²) in [5.41, 5.74) is 1.51. The number of fused-ring (bicyclic) bond motifs is 1. The Labute approximate surface area is 156 Å². The number of nitrogens with zero attached hydrogens (tertiary/aromatic N) is 4. The fraction of sp³-hybridized carbons (Fsp3) is 0.421. The average Bonchev–Trinajstić information content (AvgIpc) is 3.07. The third-order valence-corrected chi connectivity index (χ3v) is 5.34. The van der Waals surface area contributed by atoms with Crippen LogP contribution >= 0.6 is 11.6 Å². The van der Waals surface area contributed by atoms with Crippen molar-refractivity contribution in [3.63, 3.8) is 0 Å². The average molecular weight is 372 g/mol. The molecule has 3 aromatic rings. The lowest BCUT2D eigenvalue weighted by Crippen LogP contribution is -2.39. The molecule has 0 radical (unpaired) electrons. The summed E-state index contributed by atoms with van der Waals surface area (Å²) >= 11 is 5.94. The molecule has 0 saturated carbocycles. The van der Waals surface area contributed by atoms with Gasteiger partial charge in [0.05, 0.1) is 5.69 Å². The van der Waals surface area contributed by atoms with Crippen LogP contribution in [-0.4, -0.2) is 37.1 Å². The van der Waals surface area contributed by atoms with Gasteiger partial charge < -0.3 is 0 Å². The van der Waals surface area contributed by atoms with Crippen LogP contribution in [0.1, 0.15) is 38.3 Å². The Morgan fingerprint density at radius 2 is 2.04 bits per heavy atom. The monoisotopic (exact) mass is 371 g/mol. The van der Waals surface area contributed by atoms with Gasteiger partial charge in [0.25, 0.3) is 11.3 Å². The maximum Gasteiger partial charge on any atom is 0.274 e. The second kappa shape index (κ2) is 7.21. The molecule has 1 aliphatic heterocycles. The van der Waals surface area contributed by atoms with Crippen molar-refractivity contribution in [2.75, 3.05) is 6.54 Å².